The third-order valence-corrected chi connectivity index (χ3v) is 4.64. The molecule has 7 heteroatoms. The fourth-order valence-electron chi connectivity index (χ4n) is 3.45. The van der Waals surface area contributed by atoms with E-state index in [-0.39, 0.29) is 16.8 Å². The monoisotopic (exact) mass is 295 g/mol. The molecule has 1 heterocycles. The van der Waals surface area contributed by atoms with Crippen LogP contribution in [0.4, 0.5) is 5.69 Å². The Bertz CT molecular complexity index is 578. The molecule has 0 radical (unpaired) electrons. The van der Waals surface area contributed by atoms with E-state index < -0.39 is 16.5 Å². The first kappa shape index (κ1) is 13.3. The lowest BCUT2D eigenvalue weighted by Gasteiger charge is -2.22. The first-order valence-corrected chi connectivity index (χ1v) is 7.04. The molecule has 2 saturated carbocycles. The fraction of sp³-hybridized carbons (Fsp3) is 0.538. The highest BCUT2D eigenvalue weighted by Crippen LogP contribution is 2.44. The van der Waals surface area contributed by atoms with E-state index in [9.17, 15) is 14.9 Å². The Morgan fingerprint density at radius 1 is 1.45 bits per heavy atom. The second kappa shape index (κ2) is 5.01. The van der Waals surface area contributed by atoms with Gasteiger partial charge in [-0.3, -0.25) is 14.9 Å². The van der Waals surface area contributed by atoms with Crippen molar-refractivity contribution in [3.63, 3.8) is 0 Å². The zero-order valence-corrected chi connectivity index (χ0v) is 11.5. The largest absolute Gasteiger partial charge is 0.349 e. The molecule has 1 amide bonds. The highest BCUT2D eigenvalue weighted by atomic mass is 35.5. The van der Waals surface area contributed by atoms with E-state index in [4.69, 9.17) is 11.6 Å². The summed E-state index contributed by atoms with van der Waals surface area (Å²) in [7, 11) is 0. The van der Waals surface area contributed by atoms with E-state index in [2.05, 4.69) is 10.3 Å². The average molecular weight is 296 g/mol. The molecular weight excluding hydrogens is 282 g/mol. The van der Waals surface area contributed by atoms with Gasteiger partial charge in [0.15, 0.2) is 0 Å². The number of nitrogens with zero attached hydrogens (tertiary/aromatic N) is 2. The lowest BCUT2D eigenvalue weighted by Crippen LogP contribution is -2.38. The van der Waals surface area contributed by atoms with Gasteiger partial charge in [-0.15, -0.1) is 0 Å². The van der Waals surface area contributed by atoms with Crippen LogP contribution in [0.2, 0.25) is 5.15 Å². The highest BCUT2D eigenvalue weighted by molar-refractivity contribution is 6.32. The standard InChI is InChI=1S/C13H14ClN3O3/c14-12-11(17(19)20)9(3-4-15-12)13(18)16-10-6-7-1-2-8(10)5-7/h3-4,7-8,10H,1-2,5-6H2,(H,16,18). The Morgan fingerprint density at radius 2 is 2.25 bits per heavy atom. The predicted molar refractivity (Wildman–Crippen MR) is 72.6 cm³/mol. The summed E-state index contributed by atoms with van der Waals surface area (Å²) >= 11 is 5.72. The molecule has 2 aliphatic carbocycles. The molecule has 3 atom stereocenters. The van der Waals surface area contributed by atoms with Gasteiger partial charge in [-0.05, 0) is 37.2 Å². The SMILES string of the molecule is O=C(NC1CC2CCC1C2)c1ccnc(Cl)c1[N+](=O)[O-]. The van der Waals surface area contributed by atoms with Crippen molar-refractivity contribution in [2.24, 2.45) is 11.8 Å². The number of halogens is 1. The smallest absolute Gasteiger partial charge is 0.319 e. The predicted octanol–water partition coefficient (Wildman–Crippen LogP) is 2.56. The topological polar surface area (TPSA) is 85.1 Å². The summed E-state index contributed by atoms with van der Waals surface area (Å²) in [6.07, 6.45) is 5.81. The Morgan fingerprint density at radius 3 is 2.85 bits per heavy atom. The van der Waals surface area contributed by atoms with E-state index in [0.717, 1.165) is 19.3 Å². The minimum Gasteiger partial charge on any atom is -0.349 e. The minimum absolute atomic E-state index is 0.0160. The Balaban J connectivity index is 1.81. The van der Waals surface area contributed by atoms with Crippen LogP contribution in [0.5, 0.6) is 0 Å². The first-order valence-electron chi connectivity index (χ1n) is 6.66. The molecule has 3 rings (SSSR count). The number of hydrogen-bond acceptors (Lipinski definition) is 4. The van der Waals surface area contributed by atoms with E-state index >= 15 is 0 Å². The molecular formula is C13H14ClN3O3. The number of nitrogens with one attached hydrogen (secondary N) is 1. The van der Waals surface area contributed by atoms with Crippen molar-refractivity contribution in [1.82, 2.24) is 10.3 Å². The number of hydrogen-bond donors (Lipinski definition) is 1. The molecule has 3 unspecified atom stereocenters. The van der Waals surface area contributed by atoms with Crippen LogP contribution in [0, 0.1) is 22.0 Å². The molecule has 1 N–H and O–H groups in total. The Kier molecular flexibility index (Phi) is 3.33. The van der Waals surface area contributed by atoms with Crippen LogP contribution < -0.4 is 5.32 Å². The van der Waals surface area contributed by atoms with Crippen molar-refractivity contribution in [3.8, 4) is 0 Å². The number of amides is 1. The van der Waals surface area contributed by atoms with Crippen LogP contribution in [0.3, 0.4) is 0 Å². The summed E-state index contributed by atoms with van der Waals surface area (Å²) in [5, 5.41) is 13.7. The van der Waals surface area contributed by atoms with Gasteiger partial charge in [0.05, 0.1) is 4.92 Å². The van der Waals surface area contributed by atoms with E-state index in [1.807, 2.05) is 0 Å². The summed E-state index contributed by atoms with van der Waals surface area (Å²) in [5.74, 6) is 0.778. The molecule has 2 fully saturated rings. The molecule has 2 bridgehead atoms. The summed E-state index contributed by atoms with van der Waals surface area (Å²) < 4.78 is 0. The number of pyridine rings is 1. The summed E-state index contributed by atoms with van der Waals surface area (Å²) in [6.45, 7) is 0. The van der Waals surface area contributed by atoms with Crippen LogP contribution in [0.25, 0.3) is 0 Å². The van der Waals surface area contributed by atoms with Gasteiger partial charge in [0, 0.05) is 12.2 Å². The molecule has 0 saturated heterocycles. The molecule has 106 valence electrons. The summed E-state index contributed by atoms with van der Waals surface area (Å²) in [6, 6.07) is 1.47. The molecule has 1 aromatic rings. The van der Waals surface area contributed by atoms with Gasteiger partial charge in [0.25, 0.3) is 5.91 Å². The second-order valence-electron chi connectivity index (χ2n) is 5.51. The number of fused-ring (bicyclic) bond motifs is 2. The van der Waals surface area contributed by atoms with Crippen molar-refractivity contribution < 1.29 is 9.72 Å². The number of carbonyl (C=O) groups excluding carboxylic acids is 1. The lowest BCUT2D eigenvalue weighted by molar-refractivity contribution is -0.385. The number of aromatic nitrogens is 1. The fourth-order valence-corrected chi connectivity index (χ4v) is 3.68. The van der Waals surface area contributed by atoms with E-state index in [1.165, 1.54) is 18.7 Å². The van der Waals surface area contributed by atoms with Crippen molar-refractivity contribution in [2.75, 3.05) is 0 Å². The van der Waals surface area contributed by atoms with Crippen molar-refractivity contribution in [3.05, 3.63) is 33.1 Å². The zero-order chi connectivity index (χ0) is 14.3. The second-order valence-corrected chi connectivity index (χ2v) is 5.87. The van der Waals surface area contributed by atoms with Crippen LogP contribution in [0.1, 0.15) is 36.0 Å². The van der Waals surface area contributed by atoms with Crippen LogP contribution in [0.15, 0.2) is 12.3 Å². The third kappa shape index (κ3) is 2.24. The van der Waals surface area contributed by atoms with Gasteiger partial charge >= 0.3 is 5.69 Å². The molecule has 0 spiro atoms. The van der Waals surface area contributed by atoms with Crippen molar-refractivity contribution in [2.45, 2.75) is 31.7 Å². The van der Waals surface area contributed by atoms with Gasteiger partial charge < -0.3 is 5.32 Å². The van der Waals surface area contributed by atoms with Gasteiger partial charge in [-0.2, -0.15) is 0 Å². The third-order valence-electron chi connectivity index (χ3n) is 4.36. The minimum atomic E-state index is -0.662. The maximum Gasteiger partial charge on any atom is 0.319 e. The molecule has 2 aliphatic rings. The first-order chi connectivity index (χ1) is 9.56. The van der Waals surface area contributed by atoms with E-state index in [0.29, 0.717) is 11.8 Å². The number of rotatable bonds is 3. The van der Waals surface area contributed by atoms with Crippen molar-refractivity contribution >= 4 is 23.2 Å². The average Bonchev–Trinajstić information content (AvgIpc) is 3.00. The summed E-state index contributed by atoms with van der Waals surface area (Å²) in [5.41, 5.74) is -0.437. The van der Waals surface area contributed by atoms with E-state index in [1.54, 1.807) is 0 Å². The zero-order valence-electron chi connectivity index (χ0n) is 10.7. The Hall–Kier alpha value is -1.69. The maximum atomic E-state index is 12.3. The molecule has 0 aromatic carbocycles. The number of nitro groups is 1. The normalized spacial score (nSPS) is 27.6. The molecule has 1 aromatic heterocycles. The molecule has 0 aliphatic heterocycles. The van der Waals surface area contributed by atoms with Gasteiger partial charge in [-0.25, -0.2) is 4.98 Å². The number of carbonyl (C=O) groups is 1. The molecule has 6 nitrogen and oxygen atoms in total. The van der Waals surface area contributed by atoms with Crippen LogP contribution in [-0.2, 0) is 0 Å². The summed E-state index contributed by atoms with van der Waals surface area (Å²) in [4.78, 5) is 26.3. The van der Waals surface area contributed by atoms with Gasteiger partial charge in [0.1, 0.15) is 5.56 Å². The van der Waals surface area contributed by atoms with Crippen LogP contribution >= 0.6 is 11.6 Å². The van der Waals surface area contributed by atoms with Gasteiger partial charge in [0.2, 0.25) is 5.15 Å². The van der Waals surface area contributed by atoms with Crippen molar-refractivity contribution in [1.29, 1.82) is 0 Å². The lowest BCUT2D eigenvalue weighted by atomic mass is 9.95. The van der Waals surface area contributed by atoms with Crippen LogP contribution in [-0.4, -0.2) is 21.9 Å². The quantitative estimate of drug-likeness (QED) is 0.527. The highest BCUT2D eigenvalue weighted by Gasteiger charge is 2.40. The maximum absolute atomic E-state index is 12.3. The molecule has 20 heavy (non-hydrogen) atoms. The van der Waals surface area contributed by atoms with Gasteiger partial charge in [-0.1, -0.05) is 18.0 Å². The Labute approximate surface area is 120 Å².